The fourth-order valence-corrected chi connectivity index (χ4v) is 2.76. The van der Waals surface area contributed by atoms with Gasteiger partial charge in [-0.2, -0.15) is 0 Å². The molecule has 1 heterocycles. The van der Waals surface area contributed by atoms with Crippen molar-refractivity contribution in [3.63, 3.8) is 0 Å². The van der Waals surface area contributed by atoms with Crippen molar-refractivity contribution in [2.24, 2.45) is 5.73 Å². The van der Waals surface area contributed by atoms with Gasteiger partial charge < -0.3 is 15.6 Å². The lowest BCUT2D eigenvalue weighted by molar-refractivity contribution is -0.00900. The van der Waals surface area contributed by atoms with Crippen molar-refractivity contribution in [3.05, 3.63) is 34.3 Å². The van der Waals surface area contributed by atoms with Crippen molar-refractivity contribution in [2.45, 2.75) is 25.5 Å². The molecule has 1 aromatic carbocycles. The molecule has 0 unspecified atom stereocenters. The van der Waals surface area contributed by atoms with Gasteiger partial charge in [0, 0.05) is 30.2 Å². The van der Waals surface area contributed by atoms with E-state index in [1.807, 2.05) is 6.07 Å². The molecule has 1 aliphatic rings. The molecule has 0 spiro atoms. The second kappa shape index (κ2) is 7.75. The molecule has 1 saturated heterocycles. The van der Waals surface area contributed by atoms with Gasteiger partial charge in [0.2, 0.25) is 5.91 Å². The van der Waals surface area contributed by atoms with Crippen LogP contribution >= 0.6 is 11.6 Å². The first-order valence-electron chi connectivity index (χ1n) is 7.13. The van der Waals surface area contributed by atoms with Crippen LogP contribution in [0.25, 0.3) is 0 Å². The summed E-state index contributed by atoms with van der Waals surface area (Å²) < 4.78 is 5.54. The van der Waals surface area contributed by atoms with E-state index in [4.69, 9.17) is 27.2 Å². The van der Waals surface area contributed by atoms with Crippen LogP contribution in [0.5, 0.6) is 0 Å². The molecule has 1 fully saturated rings. The van der Waals surface area contributed by atoms with Crippen LogP contribution < -0.4 is 5.73 Å². The molecule has 0 bridgehead atoms. The van der Waals surface area contributed by atoms with Crippen LogP contribution in [0.15, 0.2) is 18.2 Å². The van der Waals surface area contributed by atoms with Gasteiger partial charge in [0.25, 0.3) is 0 Å². The largest absolute Gasteiger partial charge is 0.394 e. The summed E-state index contributed by atoms with van der Waals surface area (Å²) in [7, 11) is 0. The molecule has 2 rings (SSSR count). The van der Waals surface area contributed by atoms with Crippen LogP contribution in [0.1, 0.15) is 28.8 Å². The number of hydrogen-bond donors (Lipinski definition) is 2. The molecule has 0 atom stereocenters. The van der Waals surface area contributed by atoms with E-state index in [9.17, 15) is 4.79 Å². The third-order valence-corrected chi connectivity index (χ3v) is 4.06. The highest BCUT2D eigenvalue weighted by Gasteiger charge is 2.20. The maximum absolute atomic E-state index is 11.1. The minimum Gasteiger partial charge on any atom is -0.394 e. The van der Waals surface area contributed by atoms with E-state index in [0.717, 1.165) is 38.0 Å². The molecule has 6 heteroatoms. The number of halogens is 1. The summed E-state index contributed by atoms with van der Waals surface area (Å²) in [5, 5.41) is 9.33. The number of ether oxygens (including phenoxy) is 1. The first kappa shape index (κ1) is 16.2. The Hall–Kier alpha value is -1.14. The fourth-order valence-electron chi connectivity index (χ4n) is 2.52. The fraction of sp³-hybridized carbons (Fsp3) is 0.533. The maximum atomic E-state index is 11.1. The third kappa shape index (κ3) is 4.68. The SMILES string of the molecule is NC(=O)c1ccc(CN2CCC(OCCO)CC2)c(Cl)c1. The first-order chi connectivity index (χ1) is 10.1. The number of carbonyl (C=O) groups excluding carboxylic acids is 1. The van der Waals surface area contributed by atoms with Gasteiger partial charge in [0.05, 0.1) is 19.3 Å². The van der Waals surface area contributed by atoms with Crippen molar-refractivity contribution in [1.82, 2.24) is 4.90 Å². The van der Waals surface area contributed by atoms with E-state index >= 15 is 0 Å². The van der Waals surface area contributed by atoms with Crippen molar-refractivity contribution < 1.29 is 14.6 Å². The Morgan fingerprint density at radius 3 is 2.71 bits per heavy atom. The van der Waals surface area contributed by atoms with E-state index in [0.29, 0.717) is 17.2 Å². The van der Waals surface area contributed by atoms with Crippen LogP contribution in [-0.2, 0) is 11.3 Å². The summed E-state index contributed by atoms with van der Waals surface area (Å²) in [4.78, 5) is 13.4. The summed E-state index contributed by atoms with van der Waals surface area (Å²) in [5.74, 6) is -0.467. The minimum absolute atomic E-state index is 0.0715. The number of nitrogens with zero attached hydrogens (tertiary/aromatic N) is 1. The zero-order valence-corrected chi connectivity index (χ0v) is 12.7. The number of carbonyl (C=O) groups is 1. The van der Waals surface area contributed by atoms with E-state index in [-0.39, 0.29) is 12.7 Å². The molecular weight excluding hydrogens is 292 g/mol. The van der Waals surface area contributed by atoms with Gasteiger partial charge in [-0.25, -0.2) is 0 Å². The smallest absolute Gasteiger partial charge is 0.248 e. The number of rotatable bonds is 6. The minimum atomic E-state index is -0.467. The Bertz CT molecular complexity index is 488. The number of aliphatic hydroxyl groups is 1. The van der Waals surface area contributed by atoms with Gasteiger partial charge in [-0.15, -0.1) is 0 Å². The molecule has 116 valence electrons. The lowest BCUT2D eigenvalue weighted by atomic mass is 10.1. The summed E-state index contributed by atoms with van der Waals surface area (Å²) in [6, 6.07) is 5.19. The monoisotopic (exact) mass is 312 g/mol. The number of benzene rings is 1. The van der Waals surface area contributed by atoms with Gasteiger partial charge >= 0.3 is 0 Å². The van der Waals surface area contributed by atoms with Crippen LogP contribution in [0.3, 0.4) is 0 Å². The predicted octanol–water partition coefficient (Wildman–Crippen LogP) is 1.41. The standard InChI is InChI=1S/C15H21ClN2O3/c16-14-9-11(15(17)20)1-2-12(14)10-18-5-3-13(4-6-18)21-8-7-19/h1-2,9,13,19H,3-8,10H2,(H2,17,20). The number of primary amides is 1. The van der Waals surface area contributed by atoms with Crippen LogP contribution in [0.2, 0.25) is 5.02 Å². The van der Waals surface area contributed by atoms with Crippen LogP contribution in [0.4, 0.5) is 0 Å². The molecule has 1 amide bonds. The number of amides is 1. The van der Waals surface area contributed by atoms with Crippen molar-refractivity contribution in [2.75, 3.05) is 26.3 Å². The molecule has 1 aromatic rings. The van der Waals surface area contributed by atoms with Crippen LogP contribution in [0, 0.1) is 0 Å². The number of likely N-dealkylation sites (tertiary alicyclic amines) is 1. The summed E-state index contributed by atoms with van der Waals surface area (Å²) in [6.45, 7) is 3.10. The number of aliphatic hydroxyl groups excluding tert-OH is 1. The Kier molecular flexibility index (Phi) is 5.99. The molecule has 5 nitrogen and oxygen atoms in total. The molecule has 21 heavy (non-hydrogen) atoms. The summed E-state index contributed by atoms with van der Waals surface area (Å²) in [5.41, 5.74) is 6.66. The topological polar surface area (TPSA) is 75.8 Å². The average molecular weight is 313 g/mol. The highest BCUT2D eigenvalue weighted by atomic mass is 35.5. The van der Waals surface area contributed by atoms with Gasteiger partial charge in [-0.05, 0) is 30.5 Å². The molecule has 0 aliphatic carbocycles. The number of nitrogens with two attached hydrogens (primary N) is 1. The zero-order valence-electron chi connectivity index (χ0n) is 11.9. The highest BCUT2D eigenvalue weighted by Crippen LogP contribution is 2.22. The normalized spacial score (nSPS) is 17.0. The van der Waals surface area contributed by atoms with E-state index < -0.39 is 5.91 Å². The van der Waals surface area contributed by atoms with Gasteiger partial charge in [-0.1, -0.05) is 17.7 Å². The molecule has 1 aliphatic heterocycles. The lowest BCUT2D eigenvalue weighted by Gasteiger charge is -2.32. The van der Waals surface area contributed by atoms with E-state index in [1.54, 1.807) is 12.1 Å². The second-order valence-electron chi connectivity index (χ2n) is 5.24. The molecule has 0 saturated carbocycles. The lowest BCUT2D eigenvalue weighted by Crippen LogP contribution is -2.37. The van der Waals surface area contributed by atoms with Gasteiger partial charge in [0.1, 0.15) is 0 Å². The Morgan fingerprint density at radius 1 is 1.43 bits per heavy atom. The van der Waals surface area contributed by atoms with E-state index in [2.05, 4.69) is 4.90 Å². The van der Waals surface area contributed by atoms with Crippen molar-refractivity contribution in [3.8, 4) is 0 Å². The predicted molar refractivity (Wildman–Crippen MR) is 81.3 cm³/mol. The molecule has 0 radical (unpaired) electrons. The van der Waals surface area contributed by atoms with Gasteiger partial charge in [-0.3, -0.25) is 9.69 Å². The molecule has 0 aromatic heterocycles. The third-order valence-electron chi connectivity index (χ3n) is 3.71. The second-order valence-corrected chi connectivity index (χ2v) is 5.65. The van der Waals surface area contributed by atoms with E-state index in [1.165, 1.54) is 0 Å². The summed E-state index contributed by atoms with van der Waals surface area (Å²) >= 11 is 6.20. The average Bonchev–Trinajstić information content (AvgIpc) is 2.48. The molecular formula is C15H21ClN2O3. The van der Waals surface area contributed by atoms with Crippen molar-refractivity contribution in [1.29, 1.82) is 0 Å². The first-order valence-corrected chi connectivity index (χ1v) is 7.51. The summed E-state index contributed by atoms with van der Waals surface area (Å²) in [6.07, 6.45) is 2.15. The Balaban J connectivity index is 1.87. The highest BCUT2D eigenvalue weighted by molar-refractivity contribution is 6.31. The Labute approximate surface area is 129 Å². The Morgan fingerprint density at radius 2 is 2.14 bits per heavy atom. The molecule has 3 N–H and O–H groups in total. The van der Waals surface area contributed by atoms with Crippen LogP contribution in [-0.4, -0.2) is 48.3 Å². The number of hydrogen-bond acceptors (Lipinski definition) is 4. The number of piperidine rings is 1. The van der Waals surface area contributed by atoms with Gasteiger partial charge in [0.15, 0.2) is 0 Å². The quantitative estimate of drug-likeness (QED) is 0.833. The van der Waals surface area contributed by atoms with Crippen molar-refractivity contribution >= 4 is 17.5 Å². The maximum Gasteiger partial charge on any atom is 0.248 e. The zero-order chi connectivity index (χ0) is 15.2.